The normalized spacial score (nSPS) is 15.8. The van der Waals surface area contributed by atoms with E-state index in [9.17, 15) is 0 Å². The van der Waals surface area contributed by atoms with Crippen molar-refractivity contribution in [2.45, 2.75) is 6.04 Å². The standard InChI is InChI=1S/C17H22N2O2S.2ClH/c1-20-13-5-6-15(21-2)14(12-13)17(16-4-3-11-22-16)19-9-7-18-8-10-19;;/h3-6,11-12,17-18H,7-10H2,1-2H3;2*1H/t17-;;/m0../s1. The second kappa shape index (κ2) is 10.1. The van der Waals surface area contributed by atoms with Crippen LogP contribution in [0.3, 0.4) is 0 Å². The number of halogens is 2. The highest BCUT2D eigenvalue weighted by Gasteiger charge is 2.27. The predicted octanol–water partition coefficient (Wildman–Crippen LogP) is 3.60. The molecule has 0 spiro atoms. The minimum absolute atomic E-state index is 0. The number of nitrogens with one attached hydrogen (secondary N) is 1. The highest BCUT2D eigenvalue weighted by molar-refractivity contribution is 7.10. The molecule has 0 amide bonds. The summed E-state index contributed by atoms with van der Waals surface area (Å²) in [5.41, 5.74) is 1.17. The van der Waals surface area contributed by atoms with Gasteiger partial charge in [-0.2, -0.15) is 0 Å². The average Bonchev–Trinajstić information content (AvgIpc) is 3.10. The van der Waals surface area contributed by atoms with Crippen LogP contribution < -0.4 is 14.8 Å². The fourth-order valence-electron chi connectivity index (χ4n) is 2.97. The molecule has 2 aromatic rings. The van der Waals surface area contributed by atoms with E-state index in [1.807, 2.05) is 12.1 Å². The number of piperazine rings is 1. The molecular weight excluding hydrogens is 367 g/mol. The van der Waals surface area contributed by atoms with Crippen LogP contribution in [-0.2, 0) is 0 Å². The van der Waals surface area contributed by atoms with Crippen LogP contribution in [0.1, 0.15) is 16.5 Å². The van der Waals surface area contributed by atoms with E-state index in [1.54, 1.807) is 25.6 Å². The van der Waals surface area contributed by atoms with E-state index in [4.69, 9.17) is 9.47 Å². The van der Waals surface area contributed by atoms with Gasteiger partial charge in [-0.05, 0) is 29.6 Å². The van der Waals surface area contributed by atoms with Crippen LogP contribution in [0.4, 0.5) is 0 Å². The Kier molecular flexibility index (Phi) is 8.87. The Hall–Kier alpha value is -0.980. The summed E-state index contributed by atoms with van der Waals surface area (Å²) in [5, 5.41) is 5.56. The average molecular weight is 391 g/mol. The van der Waals surface area contributed by atoms with Gasteiger partial charge in [0.25, 0.3) is 0 Å². The van der Waals surface area contributed by atoms with Crippen LogP contribution in [0.5, 0.6) is 11.5 Å². The largest absolute Gasteiger partial charge is 0.497 e. The molecule has 1 N–H and O–H groups in total. The van der Waals surface area contributed by atoms with Crippen molar-refractivity contribution in [1.29, 1.82) is 0 Å². The first-order chi connectivity index (χ1) is 10.8. The van der Waals surface area contributed by atoms with Crippen molar-refractivity contribution < 1.29 is 9.47 Å². The van der Waals surface area contributed by atoms with Gasteiger partial charge < -0.3 is 14.8 Å². The number of ether oxygens (including phenoxy) is 2. The van der Waals surface area contributed by atoms with Crippen LogP contribution in [-0.4, -0.2) is 45.3 Å². The van der Waals surface area contributed by atoms with E-state index in [2.05, 4.69) is 33.8 Å². The third kappa shape index (κ3) is 4.55. The van der Waals surface area contributed by atoms with Gasteiger partial charge in [0.15, 0.2) is 0 Å². The van der Waals surface area contributed by atoms with Crippen molar-refractivity contribution in [2.24, 2.45) is 0 Å². The van der Waals surface area contributed by atoms with Gasteiger partial charge in [-0.15, -0.1) is 36.2 Å². The molecule has 1 aromatic heterocycles. The molecule has 134 valence electrons. The van der Waals surface area contributed by atoms with Crippen molar-refractivity contribution in [1.82, 2.24) is 10.2 Å². The molecular formula is C17H24Cl2N2O2S. The lowest BCUT2D eigenvalue weighted by Gasteiger charge is -2.35. The maximum atomic E-state index is 5.62. The molecule has 1 aliphatic rings. The van der Waals surface area contributed by atoms with Crippen LogP contribution in [0.2, 0.25) is 0 Å². The van der Waals surface area contributed by atoms with Gasteiger partial charge in [0, 0.05) is 36.6 Å². The molecule has 0 saturated carbocycles. The third-order valence-corrected chi connectivity index (χ3v) is 4.99. The molecule has 0 radical (unpaired) electrons. The summed E-state index contributed by atoms with van der Waals surface area (Å²) in [7, 11) is 3.44. The molecule has 0 unspecified atom stereocenters. The number of rotatable bonds is 5. The Labute approximate surface area is 160 Å². The first-order valence-electron chi connectivity index (χ1n) is 7.53. The number of methoxy groups -OCH3 is 2. The molecule has 0 bridgehead atoms. The Bertz CT molecular complexity index is 605. The summed E-state index contributed by atoms with van der Waals surface area (Å²) in [4.78, 5) is 3.85. The van der Waals surface area contributed by atoms with Crippen molar-refractivity contribution >= 4 is 36.2 Å². The van der Waals surface area contributed by atoms with Crippen molar-refractivity contribution in [3.8, 4) is 11.5 Å². The van der Waals surface area contributed by atoms with Gasteiger partial charge in [-0.1, -0.05) is 6.07 Å². The molecule has 1 fully saturated rings. The van der Waals surface area contributed by atoms with Crippen molar-refractivity contribution in [2.75, 3.05) is 40.4 Å². The molecule has 1 aromatic carbocycles. The SMILES string of the molecule is COc1ccc(OC)c([C@@H](c2cccs2)N2CCNCC2)c1.Cl.Cl. The monoisotopic (exact) mass is 390 g/mol. The Balaban J connectivity index is 0.00000144. The smallest absolute Gasteiger partial charge is 0.124 e. The number of hydrogen-bond donors (Lipinski definition) is 1. The van der Waals surface area contributed by atoms with E-state index in [1.165, 1.54) is 10.4 Å². The van der Waals surface area contributed by atoms with E-state index >= 15 is 0 Å². The summed E-state index contributed by atoms with van der Waals surface area (Å²) in [5.74, 6) is 1.78. The predicted molar refractivity (Wildman–Crippen MR) is 105 cm³/mol. The van der Waals surface area contributed by atoms with Crippen LogP contribution in [0, 0.1) is 0 Å². The number of nitrogens with zero attached hydrogens (tertiary/aromatic N) is 1. The quantitative estimate of drug-likeness (QED) is 0.845. The van der Waals surface area contributed by atoms with Gasteiger partial charge in [0.05, 0.1) is 20.3 Å². The molecule has 1 saturated heterocycles. The zero-order chi connectivity index (χ0) is 15.4. The topological polar surface area (TPSA) is 33.7 Å². The van der Waals surface area contributed by atoms with Crippen LogP contribution >= 0.6 is 36.2 Å². The summed E-state index contributed by atoms with van der Waals surface area (Å²) >= 11 is 1.79. The Morgan fingerprint density at radius 3 is 2.42 bits per heavy atom. The van der Waals surface area contributed by atoms with Gasteiger partial charge in [0.1, 0.15) is 11.5 Å². The lowest BCUT2D eigenvalue weighted by molar-refractivity contribution is 0.197. The zero-order valence-electron chi connectivity index (χ0n) is 13.9. The minimum atomic E-state index is 0. The third-order valence-electron chi connectivity index (χ3n) is 4.06. The molecule has 0 aliphatic carbocycles. The first-order valence-corrected chi connectivity index (χ1v) is 8.41. The summed E-state index contributed by atoms with van der Waals surface area (Å²) in [6, 6.07) is 10.6. The Morgan fingerprint density at radius 2 is 1.83 bits per heavy atom. The number of hydrogen-bond acceptors (Lipinski definition) is 5. The highest BCUT2D eigenvalue weighted by atomic mass is 35.5. The zero-order valence-corrected chi connectivity index (χ0v) is 16.3. The van der Waals surface area contributed by atoms with Gasteiger partial charge in [-0.3, -0.25) is 4.90 Å². The molecule has 7 heteroatoms. The van der Waals surface area contributed by atoms with E-state index in [-0.39, 0.29) is 30.9 Å². The maximum Gasteiger partial charge on any atom is 0.124 e. The minimum Gasteiger partial charge on any atom is -0.497 e. The highest BCUT2D eigenvalue weighted by Crippen LogP contribution is 2.38. The molecule has 2 heterocycles. The maximum absolute atomic E-state index is 5.62. The fourth-order valence-corrected chi connectivity index (χ4v) is 3.85. The van der Waals surface area contributed by atoms with Crippen molar-refractivity contribution in [3.63, 3.8) is 0 Å². The molecule has 1 atom stereocenters. The van der Waals surface area contributed by atoms with Crippen molar-refractivity contribution in [3.05, 3.63) is 46.2 Å². The van der Waals surface area contributed by atoms with Gasteiger partial charge in [0.2, 0.25) is 0 Å². The van der Waals surface area contributed by atoms with Crippen LogP contribution in [0.15, 0.2) is 35.7 Å². The molecule has 1 aliphatic heterocycles. The number of benzene rings is 1. The summed E-state index contributed by atoms with van der Waals surface area (Å²) in [6.45, 7) is 4.11. The van der Waals surface area contributed by atoms with E-state index in [0.29, 0.717) is 0 Å². The number of thiophene rings is 1. The second-order valence-electron chi connectivity index (χ2n) is 5.31. The molecule has 4 nitrogen and oxygen atoms in total. The lowest BCUT2D eigenvalue weighted by Crippen LogP contribution is -2.45. The second-order valence-corrected chi connectivity index (χ2v) is 6.29. The molecule has 3 rings (SSSR count). The first kappa shape index (κ1) is 21.1. The van der Waals surface area contributed by atoms with Crippen LogP contribution in [0.25, 0.3) is 0 Å². The molecule has 24 heavy (non-hydrogen) atoms. The van der Waals surface area contributed by atoms with Gasteiger partial charge >= 0.3 is 0 Å². The van der Waals surface area contributed by atoms with Gasteiger partial charge in [-0.25, -0.2) is 0 Å². The van der Waals surface area contributed by atoms with E-state index in [0.717, 1.165) is 37.7 Å². The fraction of sp³-hybridized carbons (Fsp3) is 0.412. The lowest BCUT2D eigenvalue weighted by atomic mass is 10.0. The summed E-state index contributed by atoms with van der Waals surface area (Å²) in [6.07, 6.45) is 0. The van der Waals surface area contributed by atoms with E-state index < -0.39 is 0 Å². The Morgan fingerprint density at radius 1 is 1.08 bits per heavy atom. The summed E-state index contributed by atoms with van der Waals surface area (Å²) < 4.78 is 11.0.